The van der Waals surface area contributed by atoms with Crippen molar-refractivity contribution in [1.29, 1.82) is 0 Å². The van der Waals surface area contributed by atoms with Crippen LogP contribution in [0.5, 0.6) is 5.88 Å². The normalized spacial score (nSPS) is 11.9. The molecule has 1 heterocycles. The maximum absolute atomic E-state index is 5.81. The molecule has 1 aromatic heterocycles. The number of hydrogen-bond acceptors (Lipinski definition) is 4. The summed E-state index contributed by atoms with van der Waals surface area (Å²) in [6.07, 6.45) is 1.52. The average Bonchev–Trinajstić information content (AvgIpc) is 2.14. The van der Waals surface area contributed by atoms with E-state index in [0.29, 0.717) is 18.4 Å². The molecule has 0 aliphatic heterocycles. The molecule has 0 aromatic carbocycles. The minimum absolute atomic E-state index is 0.344. The van der Waals surface area contributed by atoms with Gasteiger partial charge in [-0.25, -0.2) is 9.97 Å². The highest BCUT2D eigenvalue weighted by atomic mass is 16.5. The fourth-order valence-electron chi connectivity index (χ4n) is 1.01. The number of rotatable bonds is 4. The van der Waals surface area contributed by atoms with E-state index in [4.69, 9.17) is 10.5 Å². The van der Waals surface area contributed by atoms with Crippen LogP contribution in [0.3, 0.4) is 0 Å². The van der Waals surface area contributed by atoms with Crippen molar-refractivity contribution < 1.29 is 4.74 Å². The van der Waals surface area contributed by atoms with Crippen LogP contribution < -0.4 is 10.5 Å². The summed E-state index contributed by atoms with van der Waals surface area (Å²) in [5, 5.41) is 0. The molecule has 0 saturated heterocycles. The van der Waals surface area contributed by atoms with Gasteiger partial charge in [0.05, 0.1) is 5.69 Å². The number of nitrogens with zero attached hydrogens (tertiary/aromatic N) is 2. The highest BCUT2D eigenvalue weighted by Crippen LogP contribution is 2.15. The van der Waals surface area contributed by atoms with Crippen LogP contribution in [0.4, 0.5) is 0 Å². The van der Waals surface area contributed by atoms with E-state index in [-0.39, 0.29) is 5.54 Å². The van der Waals surface area contributed by atoms with Crippen LogP contribution in [-0.4, -0.2) is 22.1 Å². The fourth-order valence-corrected chi connectivity index (χ4v) is 1.01. The summed E-state index contributed by atoms with van der Waals surface area (Å²) in [6, 6.07) is 1.86. The van der Waals surface area contributed by atoms with Crippen molar-refractivity contribution in [3.05, 3.63) is 18.1 Å². The molecule has 1 aromatic rings. The third-order valence-electron chi connectivity index (χ3n) is 1.85. The lowest BCUT2D eigenvalue weighted by Crippen LogP contribution is -2.38. The average molecular weight is 209 g/mol. The molecule has 0 aliphatic carbocycles. The van der Waals surface area contributed by atoms with Crippen LogP contribution >= 0.6 is 0 Å². The predicted octanol–water partition coefficient (Wildman–Crippen LogP) is 1.72. The summed E-state index contributed by atoms with van der Waals surface area (Å²) in [5.74, 6) is 0.966. The summed E-state index contributed by atoms with van der Waals surface area (Å²) in [4.78, 5) is 8.20. The Balaban J connectivity index is 2.66. The van der Waals surface area contributed by atoms with Gasteiger partial charge in [-0.2, -0.15) is 0 Å². The largest absolute Gasteiger partial charge is 0.476 e. The van der Waals surface area contributed by atoms with Gasteiger partial charge in [0.15, 0.2) is 0 Å². The fraction of sp³-hybridized carbons (Fsp3) is 0.636. The maximum Gasteiger partial charge on any atom is 0.216 e. The molecule has 1 rings (SSSR count). The molecule has 0 spiro atoms. The first kappa shape index (κ1) is 11.9. The molecule has 15 heavy (non-hydrogen) atoms. The molecule has 4 heteroatoms. The first-order valence-corrected chi connectivity index (χ1v) is 5.12. The van der Waals surface area contributed by atoms with E-state index in [1.165, 1.54) is 6.33 Å². The topological polar surface area (TPSA) is 61.0 Å². The van der Waals surface area contributed by atoms with Gasteiger partial charge in [0.2, 0.25) is 5.88 Å². The third kappa shape index (κ3) is 4.25. The Labute approximate surface area is 90.9 Å². The minimum atomic E-state index is -0.344. The Morgan fingerprint density at radius 2 is 2.07 bits per heavy atom. The van der Waals surface area contributed by atoms with Crippen molar-refractivity contribution in [2.45, 2.75) is 39.2 Å². The van der Waals surface area contributed by atoms with Gasteiger partial charge in [0.1, 0.15) is 12.9 Å². The van der Waals surface area contributed by atoms with Gasteiger partial charge in [0, 0.05) is 11.6 Å². The third-order valence-corrected chi connectivity index (χ3v) is 1.85. The SMILES string of the molecule is CC(C)c1cc(OCC(C)(C)N)ncn1. The first-order chi connectivity index (χ1) is 6.88. The van der Waals surface area contributed by atoms with Gasteiger partial charge in [-0.3, -0.25) is 0 Å². The smallest absolute Gasteiger partial charge is 0.216 e. The second kappa shape index (κ2) is 4.57. The maximum atomic E-state index is 5.81. The highest BCUT2D eigenvalue weighted by Gasteiger charge is 2.12. The highest BCUT2D eigenvalue weighted by molar-refractivity contribution is 5.16. The Bertz CT molecular complexity index is 318. The lowest BCUT2D eigenvalue weighted by atomic mass is 10.1. The van der Waals surface area contributed by atoms with Crippen LogP contribution in [0, 0.1) is 0 Å². The van der Waals surface area contributed by atoms with Gasteiger partial charge >= 0.3 is 0 Å². The summed E-state index contributed by atoms with van der Waals surface area (Å²) in [7, 11) is 0. The predicted molar refractivity (Wildman–Crippen MR) is 59.9 cm³/mol. The number of hydrogen-bond donors (Lipinski definition) is 1. The summed E-state index contributed by atoms with van der Waals surface area (Å²) < 4.78 is 5.49. The number of aromatic nitrogens is 2. The molecule has 0 aliphatic rings. The molecule has 0 amide bonds. The van der Waals surface area contributed by atoms with Gasteiger partial charge in [0.25, 0.3) is 0 Å². The van der Waals surface area contributed by atoms with E-state index in [0.717, 1.165) is 5.69 Å². The molecular weight excluding hydrogens is 190 g/mol. The molecule has 0 unspecified atom stereocenters. The van der Waals surface area contributed by atoms with Gasteiger partial charge in [-0.1, -0.05) is 13.8 Å². The van der Waals surface area contributed by atoms with Crippen LogP contribution in [0.1, 0.15) is 39.3 Å². The molecular formula is C11H19N3O. The lowest BCUT2D eigenvalue weighted by molar-refractivity contribution is 0.234. The molecule has 0 fully saturated rings. The van der Waals surface area contributed by atoms with E-state index >= 15 is 0 Å². The molecule has 0 radical (unpaired) electrons. The Kier molecular flexibility index (Phi) is 3.63. The van der Waals surface area contributed by atoms with E-state index in [1.54, 1.807) is 0 Å². The zero-order valence-corrected chi connectivity index (χ0v) is 9.82. The molecule has 84 valence electrons. The van der Waals surface area contributed by atoms with E-state index < -0.39 is 0 Å². The number of nitrogens with two attached hydrogens (primary N) is 1. The van der Waals surface area contributed by atoms with Crippen molar-refractivity contribution in [3.8, 4) is 5.88 Å². The van der Waals surface area contributed by atoms with Gasteiger partial charge < -0.3 is 10.5 Å². The zero-order chi connectivity index (χ0) is 11.5. The molecule has 4 nitrogen and oxygen atoms in total. The molecule has 2 N–H and O–H groups in total. The molecule has 0 atom stereocenters. The van der Waals surface area contributed by atoms with E-state index in [1.807, 2.05) is 19.9 Å². The van der Waals surface area contributed by atoms with Crippen molar-refractivity contribution in [3.63, 3.8) is 0 Å². The van der Waals surface area contributed by atoms with Crippen molar-refractivity contribution in [2.75, 3.05) is 6.61 Å². The second-order valence-electron chi connectivity index (χ2n) is 4.71. The Morgan fingerprint density at radius 3 is 2.60 bits per heavy atom. The van der Waals surface area contributed by atoms with Crippen molar-refractivity contribution in [1.82, 2.24) is 9.97 Å². The minimum Gasteiger partial charge on any atom is -0.476 e. The van der Waals surface area contributed by atoms with E-state index in [2.05, 4.69) is 23.8 Å². The summed E-state index contributed by atoms with van der Waals surface area (Å²) >= 11 is 0. The molecule has 0 bridgehead atoms. The standard InChI is InChI=1S/C11H19N3O/c1-8(2)9-5-10(14-7-13-9)15-6-11(3,4)12/h5,7-8H,6,12H2,1-4H3. The quantitative estimate of drug-likeness (QED) is 0.820. The van der Waals surface area contributed by atoms with Gasteiger partial charge in [-0.15, -0.1) is 0 Å². The van der Waals surface area contributed by atoms with Crippen LogP contribution in [0.25, 0.3) is 0 Å². The summed E-state index contributed by atoms with van der Waals surface area (Å²) in [5.41, 5.74) is 6.45. The lowest BCUT2D eigenvalue weighted by Gasteiger charge is -2.18. The Morgan fingerprint density at radius 1 is 1.40 bits per heavy atom. The van der Waals surface area contributed by atoms with Crippen molar-refractivity contribution >= 4 is 0 Å². The summed E-state index contributed by atoms with van der Waals surface area (Å²) in [6.45, 7) is 8.44. The van der Waals surface area contributed by atoms with Crippen LogP contribution in [0.2, 0.25) is 0 Å². The van der Waals surface area contributed by atoms with E-state index in [9.17, 15) is 0 Å². The number of ether oxygens (including phenoxy) is 1. The van der Waals surface area contributed by atoms with Gasteiger partial charge in [-0.05, 0) is 19.8 Å². The van der Waals surface area contributed by atoms with Crippen LogP contribution in [-0.2, 0) is 0 Å². The first-order valence-electron chi connectivity index (χ1n) is 5.12. The van der Waals surface area contributed by atoms with Crippen molar-refractivity contribution in [2.24, 2.45) is 5.73 Å². The Hall–Kier alpha value is -1.16. The molecule has 0 saturated carbocycles. The monoisotopic (exact) mass is 209 g/mol. The zero-order valence-electron chi connectivity index (χ0n) is 9.82. The van der Waals surface area contributed by atoms with Crippen LogP contribution in [0.15, 0.2) is 12.4 Å². The second-order valence-corrected chi connectivity index (χ2v) is 4.71.